The number of carbonyl (C=O) groups is 2. The lowest BCUT2D eigenvalue weighted by Crippen LogP contribution is -2.45. The minimum atomic E-state index is -0.484. The molecule has 2 aromatic rings. The first-order valence-corrected chi connectivity index (χ1v) is 8.52. The van der Waals surface area contributed by atoms with E-state index in [0.29, 0.717) is 13.0 Å². The van der Waals surface area contributed by atoms with Gasteiger partial charge in [-0.3, -0.25) is 14.5 Å². The molecule has 2 aromatic carbocycles. The summed E-state index contributed by atoms with van der Waals surface area (Å²) in [6.45, 7) is 4.54. The highest BCUT2D eigenvalue weighted by molar-refractivity contribution is 5.88. The molecule has 0 bridgehead atoms. The lowest BCUT2D eigenvalue weighted by atomic mass is 10.0. The van der Waals surface area contributed by atoms with E-state index in [1.54, 1.807) is 0 Å². The summed E-state index contributed by atoms with van der Waals surface area (Å²) in [4.78, 5) is 26.2. The van der Waals surface area contributed by atoms with Crippen LogP contribution in [0.2, 0.25) is 0 Å². The number of rotatable bonds is 8. The van der Waals surface area contributed by atoms with E-state index in [0.717, 1.165) is 5.56 Å². The van der Waals surface area contributed by atoms with Gasteiger partial charge in [-0.1, -0.05) is 54.6 Å². The van der Waals surface area contributed by atoms with Gasteiger partial charge in [0.25, 0.3) is 0 Å². The van der Waals surface area contributed by atoms with Gasteiger partial charge in [-0.2, -0.15) is 0 Å². The number of nitrogens with one attached hydrogen (secondary N) is 1. The molecule has 0 fully saturated rings. The number of carbonyl (C=O) groups excluding carboxylic acids is 2. The third-order valence-corrected chi connectivity index (χ3v) is 4.22. The fraction of sp³-hybridized carbons (Fsp3) is 0.333. The summed E-state index contributed by atoms with van der Waals surface area (Å²) in [6, 6.07) is 17.4. The van der Waals surface area contributed by atoms with Crippen LogP contribution in [0, 0.1) is 6.92 Å². The standard InChI is InChI=1S/C21H26N2O2/c1-16-9-7-8-12-19(16)14-23(3)15-21(25)22-20(17(2)24)13-18-10-5-4-6-11-18/h4-12,20H,13-15H2,1-3H3,(H,22,25)/t20-/m1/s1. The molecule has 0 spiro atoms. The SMILES string of the molecule is CC(=O)[C@@H](Cc1ccccc1)NC(=O)CN(C)Cc1ccccc1C. The zero-order valence-electron chi connectivity index (χ0n) is 15.2. The predicted molar refractivity (Wildman–Crippen MR) is 100 cm³/mol. The Hall–Kier alpha value is -2.46. The van der Waals surface area contributed by atoms with Gasteiger partial charge < -0.3 is 5.32 Å². The van der Waals surface area contributed by atoms with Crippen molar-refractivity contribution < 1.29 is 9.59 Å². The summed E-state index contributed by atoms with van der Waals surface area (Å²) in [7, 11) is 1.91. The summed E-state index contributed by atoms with van der Waals surface area (Å²) < 4.78 is 0. The van der Waals surface area contributed by atoms with Crippen molar-refractivity contribution in [2.45, 2.75) is 32.9 Å². The maximum atomic E-state index is 12.3. The highest BCUT2D eigenvalue weighted by Gasteiger charge is 2.18. The monoisotopic (exact) mass is 338 g/mol. The molecule has 0 aliphatic rings. The molecular formula is C21H26N2O2. The molecule has 4 heteroatoms. The van der Waals surface area contributed by atoms with Crippen LogP contribution in [0.1, 0.15) is 23.6 Å². The number of ketones is 1. The minimum Gasteiger partial charge on any atom is -0.345 e. The number of nitrogens with zero attached hydrogens (tertiary/aromatic N) is 1. The first-order chi connectivity index (χ1) is 12.0. The van der Waals surface area contributed by atoms with Crippen molar-refractivity contribution in [2.24, 2.45) is 0 Å². The topological polar surface area (TPSA) is 49.4 Å². The van der Waals surface area contributed by atoms with Crippen LogP contribution >= 0.6 is 0 Å². The van der Waals surface area contributed by atoms with Crippen LogP contribution in [0.4, 0.5) is 0 Å². The molecule has 132 valence electrons. The molecule has 2 rings (SSSR count). The van der Waals surface area contributed by atoms with Crippen molar-refractivity contribution in [2.75, 3.05) is 13.6 Å². The van der Waals surface area contributed by atoms with E-state index in [-0.39, 0.29) is 18.2 Å². The van der Waals surface area contributed by atoms with Crippen LogP contribution < -0.4 is 5.32 Å². The Labute approximate surface area is 149 Å². The van der Waals surface area contributed by atoms with E-state index in [1.807, 2.05) is 54.4 Å². The molecule has 1 N–H and O–H groups in total. The molecule has 0 aliphatic carbocycles. The van der Waals surface area contributed by atoms with Crippen molar-refractivity contribution in [3.05, 3.63) is 71.3 Å². The van der Waals surface area contributed by atoms with Gasteiger partial charge in [0.05, 0.1) is 12.6 Å². The summed E-state index contributed by atoms with van der Waals surface area (Å²) in [5, 5.41) is 2.87. The first kappa shape index (κ1) is 18.9. The number of hydrogen-bond acceptors (Lipinski definition) is 3. The average molecular weight is 338 g/mol. The Balaban J connectivity index is 1.90. The van der Waals surface area contributed by atoms with Crippen LogP contribution in [-0.4, -0.2) is 36.2 Å². The van der Waals surface area contributed by atoms with Gasteiger partial charge in [-0.25, -0.2) is 0 Å². The fourth-order valence-corrected chi connectivity index (χ4v) is 2.77. The lowest BCUT2D eigenvalue weighted by Gasteiger charge is -2.20. The molecule has 0 saturated heterocycles. The zero-order chi connectivity index (χ0) is 18.2. The molecule has 1 amide bonds. The third kappa shape index (κ3) is 6.16. The van der Waals surface area contributed by atoms with E-state index < -0.39 is 6.04 Å². The number of likely N-dealkylation sites (N-methyl/N-ethyl adjacent to an activating group) is 1. The zero-order valence-corrected chi connectivity index (χ0v) is 15.2. The van der Waals surface area contributed by atoms with Gasteiger partial charge in [0.2, 0.25) is 5.91 Å². The Morgan fingerprint density at radius 2 is 1.68 bits per heavy atom. The lowest BCUT2D eigenvalue weighted by molar-refractivity contribution is -0.127. The normalized spacial score (nSPS) is 12.0. The fourth-order valence-electron chi connectivity index (χ4n) is 2.77. The second-order valence-electron chi connectivity index (χ2n) is 6.52. The Bertz CT molecular complexity index is 713. The van der Waals surface area contributed by atoms with E-state index >= 15 is 0 Å². The van der Waals surface area contributed by atoms with Crippen molar-refractivity contribution in [3.8, 4) is 0 Å². The van der Waals surface area contributed by atoms with Crippen LogP contribution in [-0.2, 0) is 22.6 Å². The molecular weight excluding hydrogens is 312 g/mol. The van der Waals surface area contributed by atoms with Crippen molar-refractivity contribution in [3.63, 3.8) is 0 Å². The molecule has 0 aromatic heterocycles. The average Bonchev–Trinajstić information content (AvgIpc) is 2.57. The number of aryl methyl sites for hydroxylation is 1. The van der Waals surface area contributed by atoms with E-state index in [9.17, 15) is 9.59 Å². The number of benzene rings is 2. The van der Waals surface area contributed by atoms with Crippen LogP contribution in [0.25, 0.3) is 0 Å². The summed E-state index contributed by atoms with van der Waals surface area (Å²) in [6.07, 6.45) is 0.517. The minimum absolute atomic E-state index is 0.0289. The quantitative estimate of drug-likeness (QED) is 0.805. The summed E-state index contributed by atoms with van der Waals surface area (Å²) in [5.41, 5.74) is 3.45. The van der Waals surface area contributed by atoms with Gasteiger partial charge in [-0.15, -0.1) is 0 Å². The second kappa shape index (κ2) is 9.14. The smallest absolute Gasteiger partial charge is 0.234 e. The van der Waals surface area contributed by atoms with E-state index in [1.165, 1.54) is 18.1 Å². The van der Waals surface area contributed by atoms with Crippen LogP contribution in [0.15, 0.2) is 54.6 Å². The molecule has 0 saturated carbocycles. The molecule has 4 nitrogen and oxygen atoms in total. The maximum absolute atomic E-state index is 12.3. The molecule has 0 radical (unpaired) electrons. The molecule has 25 heavy (non-hydrogen) atoms. The largest absolute Gasteiger partial charge is 0.345 e. The molecule has 0 unspecified atom stereocenters. The Morgan fingerprint density at radius 3 is 2.32 bits per heavy atom. The molecule has 0 heterocycles. The van der Waals surface area contributed by atoms with Crippen LogP contribution in [0.3, 0.4) is 0 Å². The highest BCUT2D eigenvalue weighted by Crippen LogP contribution is 2.09. The predicted octanol–water partition coefficient (Wildman–Crippen LogP) is 2.74. The van der Waals surface area contributed by atoms with E-state index in [2.05, 4.69) is 24.4 Å². The highest BCUT2D eigenvalue weighted by atomic mass is 16.2. The van der Waals surface area contributed by atoms with Gasteiger partial charge >= 0.3 is 0 Å². The molecule has 0 aliphatic heterocycles. The Kier molecular flexibility index (Phi) is 6.90. The van der Waals surface area contributed by atoms with Crippen molar-refractivity contribution in [1.29, 1.82) is 0 Å². The van der Waals surface area contributed by atoms with Gasteiger partial charge in [0.15, 0.2) is 5.78 Å². The molecule has 1 atom stereocenters. The first-order valence-electron chi connectivity index (χ1n) is 8.52. The van der Waals surface area contributed by atoms with Crippen molar-refractivity contribution in [1.82, 2.24) is 10.2 Å². The Morgan fingerprint density at radius 1 is 1.04 bits per heavy atom. The van der Waals surface area contributed by atoms with E-state index in [4.69, 9.17) is 0 Å². The van der Waals surface area contributed by atoms with Crippen molar-refractivity contribution >= 4 is 11.7 Å². The summed E-state index contributed by atoms with van der Waals surface area (Å²) >= 11 is 0. The number of hydrogen-bond donors (Lipinski definition) is 1. The van der Waals surface area contributed by atoms with Crippen LogP contribution in [0.5, 0.6) is 0 Å². The number of amides is 1. The van der Waals surface area contributed by atoms with Gasteiger partial charge in [0.1, 0.15) is 0 Å². The maximum Gasteiger partial charge on any atom is 0.234 e. The summed E-state index contributed by atoms with van der Waals surface area (Å²) in [5.74, 6) is -0.161. The second-order valence-corrected chi connectivity index (χ2v) is 6.52. The number of Topliss-reactive ketones (excluding diaryl/α,β-unsaturated/α-hetero) is 1. The van der Waals surface area contributed by atoms with Gasteiger partial charge in [0, 0.05) is 6.54 Å². The van der Waals surface area contributed by atoms with Gasteiger partial charge in [-0.05, 0) is 44.0 Å². The third-order valence-electron chi connectivity index (χ3n) is 4.22.